The van der Waals surface area contributed by atoms with E-state index >= 15 is 0 Å². The number of hydrogen-bond acceptors (Lipinski definition) is 9. The minimum Gasteiger partial charge on any atom is -0.480 e. The molecule has 58 heavy (non-hydrogen) atoms. The van der Waals surface area contributed by atoms with E-state index in [1.807, 2.05) is 0 Å². The molecule has 0 aliphatic rings. The van der Waals surface area contributed by atoms with E-state index < -0.39 is 51.1 Å². The molecule has 0 aromatic heterocycles. The molecule has 1 unspecified atom stereocenters. The number of nitrogens with two attached hydrogens (primary N) is 1. The molecule has 0 saturated heterocycles. The maximum Gasteiger partial charge on any atom is 0.472 e. The number of ether oxygens (including phenoxy) is 2. The van der Waals surface area contributed by atoms with Crippen molar-refractivity contribution < 1.29 is 47.5 Å². The molecule has 0 radical (unpaired) electrons. The van der Waals surface area contributed by atoms with Gasteiger partial charge >= 0.3 is 25.7 Å². The Kier molecular flexibility index (Phi) is 41.1. The summed E-state index contributed by atoms with van der Waals surface area (Å²) >= 11 is 0. The third kappa shape index (κ3) is 41.2. The van der Waals surface area contributed by atoms with Gasteiger partial charge in [0.1, 0.15) is 12.6 Å². The van der Waals surface area contributed by atoms with Gasteiger partial charge in [0.2, 0.25) is 0 Å². The van der Waals surface area contributed by atoms with Crippen LogP contribution in [0.1, 0.15) is 245 Å². The van der Waals surface area contributed by atoms with E-state index in [9.17, 15) is 23.8 Å². The van der Waals surface area contributed by atoms with Crippen molar-refractivity contribution in [2.45, 2.75) is 257 Å². The highest BCUT2D eigenvalue weighted by Crippen LogP contribution is 2.43. The number of hydrogen-bond donors (Lipinski definition) is 3. The van der Waals surface area contributed by atoms with Crippen molar-refractivity contribution in [3.63, 3.8) is 0 Å². The van der Waals surface area contributed by atoms with Crippen LogP contribution in [-0.4, -0.2) is 59.9 Å². The molecular formula is C46H90NO10P. The molecule has 3 atom stereocenters. The molecule has 0 heterocycles. The van der Waals surface area contributed by atoms with Gasteiger partial charge in [-0.15, -0.1) is 0 Å². The lowest BCUT2D eigenvalue weighted by atomic mass is 10.0. The third-order valence-corrected chi connectivity index (χ3v) is 11.8. The summed E-state index contributed by atoms with van der Waals surface area (Å²) in [6, 6.07) is -1.52. The number of carbonyl (C=O) groups is 3. The van der Waals surface area contributed by atoms with E-state index in [1.54, 1.807) is 0 Å². The van der Waals surface area contributed by atoms with Crippen LogP contribution in [-0.2, 0) is 37.5 Å². The first-order chi connectivity index (χ1) is 28.1. The lowest BCUT2D eigenvalue weighted by Crippen LogP contribution is -2.34. The average Bonchev–Trinajstić information content (AvgIpc) is 3.20. The summed E-state index contributed by atoms with van der Waals surface area (Å²) in [5.41, 5.74) is 5.34. The Labute approximate surface area is 355 Å². The van der Waals surface area contributed by atoms with Gasteiger partial charge in [0.15, 0.2) is 6.10 Å². The number of phosphoric ester groups is 1. The van der Waals surface area contributed by atoms with Gasteiger partial charge in [-0.3, -0.25) is 23.4 Å². The topological polar surface area (TPSA) is 172 Å². The van der Waals surface area contributed by atoms with E-state index in [-0.39, 0.29) is 19.4 Å². The average molecular weight is 848 g/mol. The molecule has 0 aromatic rings. The van der Waals surface area contributed by atoms with E-state index in [1.165, 1.54) is 167 Å². The van der Waals surface area contributed by atoms with Crippen molar-refractivity contribution in [3.05, 3.63) is 0 Å². The Bertz CT molecular complexity index is 1000. The smallest absolute Gasteiger partial charge is 0.472 e. The molecule has 0 spiro atoms. The van der Waals surface area contributed by atoms with Crippen LogP contribution in [0.15, 0.2) is 0 Å². The van der Waals surface area contributed by atoms with Crippen molar-refractivity contribution in [2.75, 3.05) is 19.8 Å². The SMILES string of the molecule is CCCCCCCCCCCCCCCCCCCCC(=O)O[C@H](COC(=O)CCCCCCCCCCCCCCCCCC)COP(=O)(O)OC[C@H](N)C(=O)O. The van der Waals surface area contributed by atoms with Gasteiger partial charge in [-0.05, 0) is 12.8 Å². The maximum atomic E-state index is 12.7. The molecular weight excluding hydrogens is 757 g/mol. The summed E-state index contributed by atoms with van der Waals surface area (Å²) in [6.07, 6.45) is 41.6. The Morgan fingerprint density at radius 1 is 0.466 bits per heavy atom. The zero-order chi connectivity index (χ0) is 42.8. The minimum atomic E-state index is -4.71. The van der Waals surface area contributed by atoms with Gasteiger partial charge in [0, 0.05) is 12.8 Å². The standard InChI is InChI=1S/C46H90NO10P/c1-3-5-7-9-11-13-15-17-19-21-22-24-26-28-30-32-34-36-38-45(49)57-42(40-55-58(52,53)56-41-43(47)46(50)51)39-54-44(48)37-35-33-31-29-27-25-23-20-18-16-14-12-10-8-6-4-2/h42-43H,3-41,47H2,1-2H3,(H,50,51)(H,52,53)/t42-,43+/m1/s1. The lowest BCUT2D eigenvalue weighted by molar-refractivity contribution is -0.161. The number of carbonyl (C=O) groups excluding carboxylic acids is 2. The Balaban J connectivity index is 4.24. The van der Waals surface area contributed by atoms with E-state index in [2.05, 4.69) is 18.4 Å². The normalized spacial score (nSPS) is 13.6. The Morgan fingerprint density at radius 2 is 0.759 bits per heavy atom. The fourth-order valence-electron chi connectivity index (χ4n) is 7.07. The molecule has 0 saturated carbocycles. The van der Waals surface area contributed by atoms with Crippen molar-refractivity contribution >= 4 is 25.7 Å². The van der Waals surface area contributed by atoms with Gasteiger partial charge in [-0.2, -0.15) is 0 Å². The quantitative estimate of drug-likeness (QED) is 0.0302. The Hall–Kier alpha value is -1.52. The number of carboxylic acids is 1. The molecule has 0 fully saturated rings. The van der Waals surface area contributed by atoms with E-state index in [0.717, 1.165) is 38.5 Å². The van der Waals surface area contributed by atoms with Gasteiger partial charge < -0.3 is 25.2 Å². The monoisotopic (exact) mass is 848 g/mol. The van der Waals surface area contributed by atoms with Crippen molar-refractivity contribution in [1.29, 1.82) is 0 Å². The number of esters is 2. The van der Waals surface area contributed by atoms with Crippen LogP contribution in [0.25, 0.3) is 0 Å². The van der Waals surface area contributed by atoms with Crippen molar-refractivity contribution in [3.8, 4) is 0 Å². The summed E-state index contributed by atoms with van der Waals surface area (Å²) in [4.78, 5) is 46.1. The molecule has 344 valence electrons. The van der Waals surface area contributed by atoms with Crippen LogP contribution in [0.3, 0.4) is 0 Å². The predicted molar refractivity (Wildman–Crippen MR) is 236 cm³/mol. The number of aliphatic carboxylic acids is 1. The summed E-state index contributed by atoms with van der Waals surface area (Å²) < 4.78 is 32.8. The molecule has 11 nitrogen and oxygen atoms in total. The number of rotatable bonds is 46. The maximum absolute atomic E-state index is 12.7. The van der Waals surface area contributed by atoms with Crippen molar-refractivity contribution in [1.82, 2.24) is 0 Å². The second-order valence-electron chi connectivity index (χ2n) is 16.6. The third-order valence-electron chi connectivity index (χ3n) is 10.9. The number of unbranched alkanes of at least 4 members (excludes halogenated alkanes) is 32. The fraction of sp³-hybridized carbons (Fsp3) is 0.935. The lowest BCUT2D eigenvalue weighted by Gasteiger charge is -2.20. The van der Waals surface area contributed by atoms with Crippen LogP contribution < -0.4 is 5.73 Å². The first-order valence-electron chi connectivity index (χ1n) is 24.1. The van der Waals surface area contributed by atoms with Gasteiger partial charge in [0.05, 0.1) is 13.2 Å². The highest BCUT2D eigenvalue weighted by molar-refractivity contribution is 7.47. The summed E-state index contributed by atoms with van der Waals surface area (Å²) in [5, 5.41) is 8.90. The second kappa shape index (κ2) is 42.2. The molecule has 0 amide bonds. The highest BCUT2D eigenvalue weighted by Gasteiger charge is 2.28. The molecule has 4 N–H and O–H groups in total. The molecule has 0 aromatic carbocycles. The van der Waals surface area contributed by atoms with Gasteiger partial charge in [0.25, 0.3) is 0 Å². The molecule has 12 heteroatoms. The first-order valence-corrected chi connectivity index (χ1v) is 25.6. The molecule has 0 bridgehead atoms. The van der Waals surface area contributed by atoms with Crippen LogP contribution in [0, 0.1) is 0 Å². The van der Waals surface area contributed by atoms with Crippen LogP contribution >= 0.6 is 7.82 Å². The van der Waals surface area contributed by atoms with Crippen LogP contribution in [0.2, 0.25) is 0 Å². The van der Waals surface area contributed by atoms with Crippen LogP contribution in [0.5, 0.6) is 0 Å². The van der Waals surface area contributed by atoms with E-state index in [4.69, 9.17) is 24.8 Å². The Morgan fingerprint density at radius 3 is 1.09 bits per heavy atom. The van der Waals surface area contributed by atoms with Gasteiger partial charge in [-0.25, -0.2) is 4.57 Å². The molecule has 0 aliphatic heterocycles. The summed E-state index contributed by atoms with van der Waals surface area (Å²) in [7, 11) is -4.71. The second-order valence-corrected chi connectivity index (χ2v) is 18.1. The first kappa shape index (κ1) is 56.5. The largest absolute Gasteiger partial charge is 0.480 e. The summed E-state index contributed by atoms with van der Waals surface area (Å²) in [5.74, 6) is -2.35. The summed E-state index contributed by atoms with van der Waals surface area (Å²) in [6.45, 7) is 2.86. The molecule has 0 rings (SSSR count). The fourth-order valence-corrected chi connectivity index (χ4v) is 7.85. The number of phosphoric acid groups is 1. The van der Waals surface area contributed by atoms with E-state index in [0.29, 0.717) is 12.8 Å². The van der Waals surface area contributed by atoms with Crippen molar-refractivity contribution in [2.24, 2.45) is 5.73 Å². The van der Waals surface area contributed by atoms with Gasteiger partial charge in [-0.1, -0.05) is 219 Å². The highest BCUT2D eigenvalue weighted by atomic mass is 31.2. The minimum absolute atomic E-state index is 0.170. The zero-order valence-corrected chi connectivity index (χ0v) is 38.3. The zero-order valence-electron chi connectivity index (χ0n) is 37.4. The van der Waals surface area contributed by atoms with Crippen LogP contribution in [0.4, 0.5) is 0 Å². The number of carboxylic acid groups (broad SMARTS) is 1. The predicted octanol–water partition coefficient (Wildman–Crippen LogP) is 13.1. The molecule has 0 aliphatic carbocycles.